The van der Waals surface area contributed by atoms with Crippen molar-refractivity contribution in [3.05, 3.63) is 77.4 Å². The zero-order valence-electron chi connectivity index (χ0n) is 24.9. The quantitative estimate of drug-likeness (QED) is 0.300. The van der Waals surface area contributed by atoms with E-state index in [4.69, 9.17) is 9.47 Å². The number of fused-ring (bicyclic) bond motifs is 3. The molecule has 1 heterocycles. The Kier molecular flexibility index (Phi) is 11.6. The Bertz CT molecular complexity index is 1300. The number of aliphatic hydroxyl groups excluding tert-OH is 1. The van der Waals surface area contributed by atoms with Crippen LogP contribution in [-0.2, 0) is 32.4 Å². The van der Waals surface area contributed by atoms with Crippen LogP contribution in [0.15, 0.2) is 60.7 Å². The zero-order chi connectivity index (χ0) is 30.1. The second-order valence-corrected chi connectivity index (χ2v) is 13.3. The summed E-state index contributed by atoms with van der Waals surface area (Å²) in [5, 5.41) is 18.0. The predicted octanol–water partition coefficient (Wildman–Crippen LogP) is 3.14. The summed E-state index contributed by atoms with van der Waals surface area (Å²) in [6.07, 6.45) is 6.09. The van der Waals surface area contributed by atoms with Crippen LogP contribution in [0, 0.1) is 0 Å². The van der Waals surface area contributed by atoms with Gasteiger partial charge in [-0.25, -0.2) is 8.42 Å². The molecule has 0 saturated carbocycles. The number of sulfonamides is 1. The lowest BCUT2D eigenvalue weighted by Crippen LogP contribution is -2.55. The highest BCUT2D eigenvalue weighted by molar-refractivity contribution is 7.89. The van der Waals surface area contributed by atoms with Crippen molar-refractivity contribution in [3.8, 4) is 5.75 Å². The number of carbonyl (C=O) groups is 1. The van der Waals surface area contributed by atoms with Crippen LogP contribution in [-0.4, -0.2) is 81.1 Å². The molecular weight excluding hydrogens is 554 g/mol. The van der Waals surface area contributed by atoms with E-state index in [1.54, 1.807) is 7.11 Å². The molecule has 0 fully saturated rings. The molecule has 2 aromatic carbocycles. The van der Waals surface area contributed by atoms with E-state index in [-0.39, 0.29) is 30.9 Å². The van der Waals surface area contributed by atoms with Crippen LogP contribution >= 0.6 is 0 Å². The van der Waals surface area contributed by atoms with E-state index in [2.05, 4.69) is 10.6 Å². The van der Waals surface area contributed by atoms with Crippen LogP contribution in [0.25, 0.3) is 0 Å². The second kappa shape index (κ2) is 15.1. The molecule has 0 aromatic heterocycles. The predicted molar refractivity (Wildman–Crippen MR) is 164 cm³/mol. The number of likely N-dealkylation sites (N-methyl/N-ethyl adjacent to an activating group) is 1. The number of nitrogens with zero attached hydrogens (tertiary/aromatic N) is 1. The van der Waals surface area contributed by atoms with E-state index in [1.165, 1.54) is 11.4 Å². The number of hydrogen-bond donors (Lipinski definition) is 3. The van der Waals surface area contributed by atoms with Crippen molar-refractivity contribution in [2.24, 2.45) is 0 Å². The number of rotatable bonds is 9. The molecule has 0 spiro atoms. The van der Waals surface area contributed by atoms with Crippen LogP contribution in [0.3, 0.4) is 0 Å². The van der Waals surface area contributed by atoms with Crippen molar-refractivity contribution in [1.29, 1.82) is 0 Å². The Morgan fingerprint density at radius 3 is 2.64 bits per heavy atom. The van der Waals surface area contributed by atoms with Gasteiger partial charge < -0.3 is 25.2 Å². The van der Waals surface area contributed by atoms with E-state index < -0.39 is 34.1 Å². The molecular formula is C32H45N3O6S. The summed E-state index contributed by atoms with van der Waals surface area (Å²) < 4.78 is 39.3. The zero-order valence-corrected chi connectivity index (χ0v) is 25.7. The van der Waals surface area contributed by atoms with Gasteiger partial charge in [-0.1, -0.05) is 68.3 Å². The number of β-amino-alcohol motifs (C(OH)–C–C–N with tert-alkyl or cyclic N) is 1. The van der Waals surface area contributed by atoms with Crippen LogP contribution in [0.2, 0.25) is 0 Å². The normalized spacial score (nSPS) is 25.4. The molecule has 9 nitrogen and oxygen atoms in total. The molecule has 0 unspecified atom stereocenters. The summed E-state index contributed by atoms with van der Waals surface area (Å²) in [5.74, 6) is 0.306. The lowest BCUT2D eigenvalue weighted by atomic mass is 9.99. The average Bonchev–Trinajstić information content (AvgIpc) is 3.33. The molecule has 2 aromatic rings. The van der Waals surface area contributed by atoms with Crippen LogP contribution < -0.4 is 15.4 Å². The Balaban J connectivity index is 1.62. The van der Waals surface area contributed by atoms with Gasteiger partial charge in [0.1, 0.15) is 11.8 Å². The largest absolute Gasteiger partial charge is 0.497 e. The smallest absolute Gasteiger partial charge is 0.239 e. The summed E-state index contributed by atoms with van der Waals surface area (Å²) in [6.45, 7) is 2.53. The van der Waals surface area contributed by atoms with Crippen molar-refractivity contribution in [2.75, 3.05) is 33.1 Å². The molecule has 1 aliphatic heterocycles. The third-order valence-electron chi connectivity index (χ3n) is 8.24. The van der Waals surface area contributed by atoms with Crippen molar-refractivity contribution < 1.29 is 27.8 Å². The number of amides is 1. The van der Waals surface area contributed by atoms with Gasteiger partial charge in [-0.2, -0.15) is 4.31 Å². The number of nitrogens with one attached hydrogen (secondary N) is 2. The highest BCUT2D eigenvalue weighted by atomic mass is 32.2. The van der Waals surface area contributed by atoms with E-state index in [9.17, 15) is 18.3 Å². The minimum atomic E-state index is -3.66. The minimum absolute atomic E-state index is 0.0116. The maximum atomic E-state index is 13.7. The molecule has 0 saturated heterocycles. The number of aliphatic hydroxyl groups is 1. The van der Waals surface area contributed by atoms with Crippen LogP contribution in [0.4, 0.5) is 0 Å². The Labute approximate surface area is 250 Å². The molecule has 1 amide bonds. The Hall–Kier alpha value is -2.76. The summed E-state index contributed by atoms with van der Waals surface area (Å²) in [4.78, 5) is 13.7. The molecule has 2 aliphatic rings. The van der Waals surface area contributed by atoms with Gasteiger partial charge in [0.2, 0.25) is 15.9 Å². The maximum Gasteiger partial charge on any atom is 0.239 e. The maximum absolute atomic E-state index is 13.7. The number of carbonyl (C=O) groups excluding carboxylic acids is 1. The van der Waals surface area contributed by atoms with Crippen LogP contribution in [0.1, 0.15) is 55.3 Å². The molecule has 230 valence electrons. The van der Waals surface area contributed by atoms with Gasteiger partial charge >= 0.3 is 0 Å². The highest BCUT2D eigenvalue weighted by Crippen LogP contribution is 2.36. The summed E-state index contributed by atoms with van der Waals surface area (Å²) in [7, 11) is -0.552. The minimum Gasteiger partial charge on any atom is -0.497 e. The Morgan fingerprint density at radius 1 is 1.12 bits per heavy atom. The molecule has 3 N–H and O–H groups in total. The summed E-state index contributed by atoms with van der Waals surface area (Å²) in [6, 6.07) is 13.9. The number of ether oxygens (including phenoxy) is 2. The summed E-state index contributed by atoms with van der Waals surface area (Å²) >= 11 is 0. The first-order chi connectivity index (χ1) is 20.2. The summed E-state index contributed by atoms with van der Waals surface area (Å²) in [5.41, 5.74) is 3.18. The van der Waals surface area contributed by atoms with Gasteiger partial charge in [0.05, 0.1) is 43.8 Å². The third kappa shape index (κ3) is 8.20. The number of methoxy groups -OCH3 is 1. The van der Waals surface area contributed by atoms with E-state index in [0.29, 0.717) is 25.9 Å². The molecule has 4 rings (SSSR count). The first-order valence-electron chi connectivity index (χ1n) is 14.9. The number of benzene rings is 2. The van der Waals surface area contributed by atoms with E-state index in [0.717, 1.165) is 35.3 Å². The Morgan fingerprint density at radius 2 is 1.90 bits per heavy atom. The first-order valence-corrected chi connectivity index (χ1v) is 16.5. The van der Waals surface area contributed by atoms with Gasteiger partial charge in [0, 0.05) is 20.0 Å². The standard InChI is InChI=1S/C32H45N3O6S/c1-4-5-11-18-42(38,39)35(2)28-14-9-10-17-41-30-20-24-15-16-25(40-3)21-26(24)31(30)33-22-29(36)27(34-32(28)37)19-23-12-7-6-8-13-23/h6-10,12-13,15-16,21,27-31,33,36H,4-5,11,14,17-20,22H2,1-3H3,(H,34,37)/t27-,28-,29+,30+,31+/m0/s1. The van der Waals surface area contributed by atoms with Crippen LogP contribution in [0.5, 0.6) is 5.75 Å². The molecule has 1 aliphatic carbocycles. The number of unbranched alkanes of at least 4 members (excludes halogenated alkanes) is 2. The molecule has 0 radical (unpaired) electrons. The molecule has 42 heavy (non-hydrogen) atoms. The van der Waals surface area contributed by atoms with Crippen molar-refractivity contribution in [3.63, 3.8) is 0 Å². The van der Waals surface area contributed by atoms with Crippen molar-refractivity contribution in [1.82, 2.24) is 14.9 Å². The monoisotopic (exact) mass is 599 g/mol. The van der Waals surface area contributed by atoms with Gasteiger partial charge in [0.15, 0.2) is 0 Å². The SMILES string of the molecule is CCCCCS(=O)(=O)N(C)[C@H]1CC=CCO[C@@H]2Cc3ccc(OC)cc3[C@H]2NC[C@@H](O)[C@H](Cc2ccccc2)NC1=O. The van der Waals surface area contributed by atoms with Crippen molar-refractivity contribution in [2.45, 2.75) is 75.8 Å². The highest BCUT2D eigenvalue weighted by Gasteiger charge is 2.36. The lowest BCUT2D eigenvalue weighted by molar-refractivity contribution is -0.126. The molecule has 10 heteroatoms. The van der Waals surface area contributed by atoms with Gasteiger partial charge in [-0.3, -0.25) is 4.79 Å². The average molecular weight is 600 g/mol. The topological polar surface area (TPSA) is 117 Å². The molecule has 0 bridgehead atoms. The van der Waals surface area contributed by atoms with Gasteiger partial charge in [0.25, 0.3) is 0 Å². The van der Waals surface area contributed by atoms with E-state index >= 15 is 0 Å². The third-order valence-corrected chi connectivity index (χ3v) is 10.2. The molecule has 5 atom stereocenters. The van der Waals surface area contributed by atoms with Gasteiger partial charge in [-0.05, 0) is 48.1 Å². The fraction of sp³-hybridized carbons (Fsp3) is 0.531. The van der Waals surface area contributed by atoms with E-state index in [1.807, 2.05) is 67.6 Å². The number of hydrogen-bond acceptors (Lipinski definition) is 7. The van der Waals surface area contributed by atoms with Crippen molar-refractivity contribution >= 4 is 15.9 Å². The fourth-order valence-corrected chi connectivity index (χ4v) is 7.12. The first kappa shape index (κ1) is 32.2. The van der Waals surface area contributed by atoms with Gasteiger partial charge in [-0.15, -0.1) is 0 Å². The lowest BCUT2D eigenvalue weighted by Gasteiger charge is -2.31. The fourth-order valence-electron chi connectivity index (χ4n) is 5.69. The second-order valence-electron chi connectivity index (χ2n) is 11.2.